The molecule has 0 aromatic rings. The summed E-state index contributed by atoms with van der Waals surface area (Å²) >= 11 is 0. The largest absolute Gasteiger partial charge is 0.396 e. The summed E-state index contributed by atoms with van der Waals surface area (Å²) in [6.45, 7) is 3.58. The molecule has 0 spiro atoms. The van der Waals surface area contributed by atoms with E-state index in [1.54, 1.807) is 0 Å². The molecule has 5 nitrogen and oxygen atoms in total. The summed E-state index contributed by atoms with van der Waals surface area (Å²) in [5, 5.41) is 12.8. The lowest BCUT2D eigenvalue weighted by molar-refractivity contribution is -0.123. The number of rotatable bonds is 7. The smallest absolute Gasteiger partial charge is 0.234 e. The standard InChI is InChI=1S/C17H32N2O3/c1-19(13-17(14-20)7-9-22-10-8-17)12-16(21)18-11-15-5-3-2-4-6-15/h15,20H,2-14H2,1H3,(H,18,21). The van der Waals surface area contributed by atoms with E-state index in [4.69, 9.17) is 4.74 Å². The SMILES string of the molecule is CN(CC(=O)NCC1CCCCC1)CC1(CO)CCOCC1. The van der Waals surface area contributed by atoms with Gasteiger partial charge < -0.3 is 15.2 Å². The lowest BCUT2D eigenvalue weighted by Crippen LogP contribution is -2.46. The molecule has 0 aromatic carbocycles. The molecular formula is C17H32N2O3. The van der Waals surface area contributed by atoms with Crippen molar-refractivity contribution in [2.24, 2.45) is 11.3 Å². The Balaban J connectivity index is 1.68. The van der Waals surface area contributed by atoms with E-state index in [-0.39, 0.29) is 17.9 Å². The molecule has 5 heteroatoms. The number of amides is 1. The van der Waals surface area contributed by atoms with Crippen LogP contribution in [0.3, 0.4) is 0 Å². The second-order valence-electron chi connectivity index (χ2n) is 7.25. The minimum Gasteiger partial charge on any atom is -0.396 e. The van der Waals surface area contributed by atoms with Crippen molar-refractivity contribution >= 4 is 5.91 Å². The minimum absolute atomic E-state index is 0.101. The maximum Gasteiger partial charge on any atom is 0.234 e. The summed E-state index contributed by atoms with van der Waals surface area (Å²) < 4.78 is 5.39. The Hall–Kier alpha value is -0.650. The Kier molecular flexibility index (Phi) is 7.12. The molecule has 0 unspecified atom stereocenters. The molecule has 0 aromatic heterocycles. The molecule has 0 radical (unpaired) electrons. The van der Waals surface area contributed by atoms with Gasteiger partial charge in [0, 0.05) is 31.7 Å². The summed E-state index contributed by atoms with van der Waals surface area (Å²) in [5.41, 5.74) is -0.101. The molecule has 1 amide bonds. The van der Waals surface area contributed by atoms with Crippen molar-refractivity contribution in [2.75, 3.05) is 46.5 Å². The van der Waals surface area contributed by atoms with E-state index in [9.17, 15) is 9.90 Å². The van der Waals surface area contributed by atoms with E-state index < -0.39 is 0 Å². The molecule has 1 saturated heterocycles. The third kappa shape index (κ3) is 5.52. The Morgan fingerprint density at radius 1 is 1.27 bits per heavy atom. The average Bonchev–Trinajstić information content (AvgIpc) is 2.54. The Morgan fingerprint density at radius 3 is 2.59 bits per heavy atom. The van der Waals surface area contributed by atoms with Gasteiger partial charge in [-0.15, -0.1) is 0 Å². The van der Waals surface area contributed by atoms with Crippen LogP contribution in [-0.4, -0.2) is 62.4 Å². The lowest BCUT2D eigenvalue weighted by Gasteiger charge is -2.38. The quantitative estimate of drug-likeness (QED) is 0.746. The van der Waals surface area contributed by atoms with Crippen molar-refractivity contribution < 1.29 is 14.6 Å². The molecule has 1 aliphatic heterocycles. The molecular weight excluding hydrogens is 280 g/mol. The Bertz CT molecular complexity index is 337. The van der Waals surface area contributed by atoms with Gasteiger partial charge in [0.1, 0.15) is 0 Å². The maximum atomic E-state index is 12.1. The molecule has 22 heavy (non-hydrogen) atoms. The second kappa shape index (κ2) is 8.85. The first-order valence-electron chi connectivity index (χ1n) is 8.77. The molecule has 2 rings (SSSR count). The van der Waals surface area contributed by atoms with Crippen LogP contribution in [0.4, 0.5) is 0 Å². The van der Waals surface area contributed by atoms with Gasteiger partial charge in [-0.2, -0.15) is 0 Å². The van der Waals surface area contributed by atoms with E-state index in [1.807, 2.05) is 11.9 Å². The molecule has 2 aliphatic rings. The number of likely N-dealkylation sites (N-methyl/N-ethyl adjacent to an activating group) is 1. The molecule has 128 valence electrons. The molecule has 2 N–H and O–H groups in total. The number of aliphatic hydroxyl groups is 1. The summed E-state index contributed by atoms with van der Waals surface area (Å²) in [6, 6.07) is 0. The molecule has 1 aliphatic carbocycles. The maximum absolute atomic E-state index is 12.1. The van der Waals surface area contributed by atoms with Gasteiger partial charge in [-0.25, -0.2) is 0 Å². The van der Waals surface area contributed by atoms with Crippen LogP contribution in [0.15, 0.2) is 0 Å². The van der Waals surface area contributed by atoms with Crippen molar-refractivity contribution in [3.05, 3.63) is 0 Å². The molecule has 2 fully saturated rings. The fourth-order valence-electron chi connectivity index (χ4n) is 3.75. The topological polar surface area (TPSA) is 61.8 Å². The third-order valence-corrected chi connectivity index (χ3v) is 5.22. The van der Waals surface area contributed by atoms with Crippen LogP contribution in [0.5, 0.6) is 0 Å². The molecule has 1 saturated carbocycles. The van der Waals surface area contributed by atoms with Crippen LogP contribution in [0.25, 0.3) is 0 Å². The monoisotopic (exact) mass is 312 g/mol. The summed E-state index contributed by atoms with van der Waals surface area (Å²) in [6.07, 6.45) is 8.21. The zero-order valence-corrected chi connectivity index (χ0v) is 14.0. The van der Waals surface area contributed by atoms with Gasteiger partial charge in [-0.05, 0) is 38.6 Å². The van der Waals surface area contributed by atoms with Crippen molar-refractivity contribution in [3.8, 4) is 0 Å². The van der Waals surface area contributed by atoms with Gasteiger partial charge in [-0.3, -0.25) is 9.69 Å². The first-order chi connectivity index (χ1) is 10.6. The van der Waals surface area contributed by atoms with Gasteiger partial charge in [0.2, 0.25) is 5.91 Å². The normalized spacial score (nSPS) is 22.7. The zero-order valence-electron chi connectivity index (χ0n) is 14.0. The van der Waals surface area contributed by atoms with E-state index >= 15 is 0 Å². The number of carbonyl (C=O) groups excluding carboxylic acids is 1. The van der Waals surface area contributed by atoms with E-state index in [0.717, 1.165) is 25.9 Å². The fraction of sp³-hybridized carbons (Fsp3) is 0.941. The highest BCUT2D eigenvalue weighted by Crippen LogP contribution is 2.30. The Labute approximate surface area is 134 Å². The Morgan fingerprint density at radius 2 is 1.95 bits per heavy atom. The predicted molar refractivity (Wildman–Crippen MR) is 86.7 cm³/mol. The highest BCUT2D eigenvalue weighted by Gasteiger charge is 2.33. The van der Waals surface area contributed by atoms with E-state index in [2.05, 4.69) is 5.32 Å². The van der Waals surface area contributed by atoms with Crippen LogP contribution in [0.2, 0.25) is 0 Å². The van der Waals surface area contributed by atoms with Crippen molar-refractivity contribution in [2.45, 2.75) is 44.9 Å². The first-order valence-corrected chi connectivity index (χ1v) is 8.77. The minimum atomic E-state index is -0.101. The number of hydrogen-bond acceptors (Lipinski definition) is 4. The van der Waals surface area contributed by atoms with Crippen LogP contribution in [0.1, 0.15) is 44.9 Å². The number of hydrogen-bond donors (Lipinski definition) is 2. The predicted octanol–water partition coefficient (Wildman–Crippen LogP) is 1.40. The number of nitrogens with zero attached hydrogens (tertiary/aromatic N) is 1. The van der Waals surface area contributed by atoms with Crippen molar-refractivity contribution in [3.63, 3.8) is 0 Å². The van der Waals surface area contributed by atoms with Crippen LogP contribution < -0.4 is 5.32 Å². The van der Waals surface area contributed by atoms with Gasteiger partial charge in [0.05, 0.1) is 13.2 Å². The second-order valence-corrected chi connectivity index (χ2v) is 7.25. The number of carbonyl (C=O) groups is 1. The van der Waals surface area contributed by atoms with Crippen LogP contribution >= 0.6 is 0 Å². The molecule has 1 heterocycles. The van der Waals surface area contributed by atoms with E-state index in [1.165, 1.54) is 32.1 Å². The number of aliphatic hydroxyl groups excluding tert-OH is 1. The number of ether oxygens (including phenoxy) is 1. The van der Waals surface area contributed by atoms with Crippen molar-refractivity contribution in [1.29, 1.82) is 0 Å². The van der Waals surface area contributed by atoms with Gasteiger partial charge in [0.15, 0.2) is 0 Å². The lowest BCUT2D eigenvalue weighted by atomic mass is 9.80. The zero-order chi connectivity index (χ0) is 15.8. The average molecular weight is 312 g/mol. The highest BCUT2D eigenvalue weighted by atomic mass is 16.5. The van der Waals surface area contributed by atoms with Gasteiger partial charge in [-0.1, -0.05) is 19.3 Å². The first kappa shape index (κ1) is 17.7. The van der Waals surface area contributed by atoms with Gasteiger partial charge in [0.25, 0.3) is 0 Å². The molecule has 0 bridgehead atoms. The highest BCUT2D eigenvalue weighted by molar-refractivity contribution is 5.77. The molecule has 0 atom stereocenters. The van der Waals surface area contributed by atoms with Crippen LogP contribution in [0, 0.1) is 11.3 Å². The fourth-order valence-corrected chi connectivity index (χ4v) is 3.75. The summed E-state index contributed by atoms with van der Waals surface area (Å²) in [5.74, 6) is 0.774. The van der Waals surface area contributed by atoms with Gasteiger partial charge >= 0.3 is 0 Å². The van der Waals surface area contributed by atoms with E-state index in [0.29, 0.717) is 25.7 Å². The number of nitrogens with one attached hydrogen (secondary N) is 1. The summed E-state index contributed by atoms with van der Waals surface area (Å²) in [4.78, 5) is 14.1. The van der Waals surface area contributed by atoms with Crippen molar-refractivity contribution in [1.82, 2.24) is 10.2 Å². The summed E-state index contributed by atoms with van der Waals surface area (Å²) in [7, 11) is 1.97. The third-order valence-electron chi connectivity index (χ3n) is 5.22. The van der Waals surface area contributed by atoms with Crippen LogP contribution in [-0.2, 0) is 9.53 Å².